The summed E-state index contributed by atoms with van der Waals surface area (Å²) in [6.45, 7) is 0. The Morgan fingerprint density at radius 1 is 0.923 bits per heavy atom. The number of hydrogen-bond donors (Lipinski definition) is 3. The molecule has 0 unspecified atom stereocenters. The van der Waals surface area contributed by atoms with Gasteiger partial charge in [0.15, 0.2) is 0 Å². The number of anilines is 4. The number of aromatic nitrogens is 2. The Hall–Kier alpha value is -2.49. The minimum Gasteiger partial charge on any atom is -0.339 e. The predicted octanol–water partition coefficient (Wildman–Crippen LogP) is 3.63. The number of para-hydroxylation sites is 1. The molecule has 9 heteroatoms. The molecule has 0 saturated heterocycles. The molecule has 1 heterocycles. The van der Waals surface area contributed by atoms with Crippen LogP contribution in [0.3, 0.4) is 0 Å². The van der Waals surface area contributed by atoms with Crippen LogP contribution in [0.5, 0.6) is 0 Å². The van der Waals surface area contributed by atoms with Crippen LogP contribution in [0.1, 0.15) is 0 Å². The lowest BCUT2D eigenvalue weighted by Gasteiger charge is -2.10. The standard InChI is InChI=1S/C17H16BrN5O2S/c1-19-26(24,25)14-9-7-13(8-10-14)22-17-20-11-15(18)16(23-17)21-12-5-3-2-4-6-12/h2-11,19H,1H3,(H2,20,21,22,23). The molecular formula is C17H16BrN5O2S. The van der Waals surface area contributed by atoms with Crippen LogP contribution in [0.4, 0.5) is 23.1 Å². The fraction of sp³-hybridized carbons (Fsp3) is 0.0588. The van der Waals surface area contributed by atoms with Crippen molar-refractivity contribution in [1.29, 1.82) is 0 Å². The van der Waals surface area contributed by atoms with Crippen molar-refractivity contribution in [3.8, 4) is 0 Å². The summed E-state index contributed by atoms with van der Waals surface area (Å²) in [6.07, 6.45) is 1.64. The summed E-state index contributed by atoms with van der Waals surface area (Å²) in [5.74, 6) is 0.999. The number of sulfonamides is 1. The highest BCUT2D eigenvalue weighted by molar-refractivity contribution is 9.10. The summed E-state index contributed by atoms with van der Waals surface area (Å²) in [5.41, 5.74) is 1.58. The van der Waals surface area contributed by atoms with Crippen molar-refractivity contribution in [2.24, 2.45) is 0 Å². The highest BCUT2D eigenvalue weighted by Gasteiger charge is 2.11. The number of rotatable bonds is 6. The van der Waals surface area contributed by atoms with Gasteiger partial charge in [-0.15, -0.1) is 0 Å². The smallest absolute Gasteiger partial charge is 0.240 e. The summed E-state index contributed by atoms with van der Waals surface area (Å²) in [6, 6.07) is 16.0. The molecule has 0 bridgehead atoms. The van der Waals surface area contributed by atoms with Crippen LogP contribution in [-0.4, -0.2) is 25.4 Å². The SMILES string of the molecule is CNS(=O)(=O)c1ccc(Nc2ncc(Br)c(Nc3ccccc3)n2)cc1. The normalized spacial score (nSPS) is 11.2. The van der Waals surface area contributed by atoms with Gasteiger partial charge in [-0.3, -0.25) is 0 Å². The molecule has 0 radical (unpaired) electrons. The number of halogens is 1. The molecule has 0 aliphatic heterocycles. The summed E-state index contributed by atoms with van der Waals surface area (Å²) >= 11 is 3.42. The zero-order chi connectivity index (χ0) is 18.6. The Bertz CT molecular complexity index is 995. The lowest BCUT2D eigenvalue weighted by molar-refractivity contribution is 0.588. The predicted molar refractivity (Wildman–Crippen MR) is 105 cm³/mol. The minimum absolute atomic E-state index is 0.189. The van der Waals surface area contributed by atoms with Crippen LogP contribution < -0.4 is 15.4 Å². The highest BCUT2D eigenvalue weighted by atomic mass is 79.9. The van der Waals surface area contributed by atoms with E-state index in [1.807, 2.05) is 30.3 Å². The van der Waals surface area contributed by atoms with Gasteiger partial charge in [0.05, 0.1) is 9.37 Å². The van der Waals surface area contributed by atoms with E-state index in [-0.39, 0.29) is 4.90 Å². The molecule has 3 aromatic rings. The highest BCUT2D eigenvalue weighted by Crippen LogP contribution is 2.25. The van der Waals surface area contributed by atoms with E-state index >= 15 is 0 Å². The molecule has 0 fully saturated rings. The third kappa shape index (κ3) is 4.37. The summed E-state index contributed by atoms with van der Waals surface area (Å²) in [4.78, 5) is 8.85. The molecule has 0 saturated carbocycles. The Balaban J connectivity index is 1.79. The molecular weight excluding hydrogens is 418 g/mol. The number of nitrogens with zero attached hydrogens (tertiary/aromatic N) is 2. The fourth-order valence-corrected chi connectivity index (χ4v) is 3.16. The van der Waals surface area contributed by atoms with E-state index in [0.29, 0.717) is 17.5 Å². The summed E-state index contributed by atoms with van der Waals surface area (Å²) in [7, 11) is -2.09. The topological polar surface area (TPSA) is 96.0 Å². The molecule has 1 aromatic heterocycles. The second-order valence-corrected chi connectivity index (χ2v) is 7.98. The van der Waals surface area contributed by atoms with Crippen molar-refractivity contribution in [2.75, 3.05) is 17.7 Å². The van der Waals surface area contributed by atoms with Gasteiger partial charge < -0.3 is 10.6 Å². The third-order valence-electron chi connectivity index (χ3n) is 3.47. The molecule has 0 aliphatic carbocycles. The maximum absolute atomic E-state index is 11.8. The van der Waals surface area contributed by atoms with Crippen molar-refractivity contribution in [1.82, 2.24) is 14.7 Å². The molecule has 0 amide bonds. The number of nitrogens with one attached hydrogen (secondary N) is 3. The summed E-state index contributed by atoms with van der Waals surface area (Å²) in [5, 5.41) is 6.27. The van der Waals surface area contributed by atoms with Gasteiger partial charge in [0.1, 0.15) is 5.82 Å². The van der Waals surface area contributed by atoms with Crippen molar-refractivity contribution in [2.45, 2.75) is 4.90 Å². The average Bonchev–Trinajstić information content (AvgIpc) is 2.66. The van der Waals surface area contributed by atoms with Crippen molar-refractivity contribution < 1.29 is 8.42 Å². The Labute approximate surface area is 160 Å². The van der Waals surface area contributed by atoms with E-state index in [0.717, 1.165) is 10.2 Å². The van der Waals surface area contributed by atoms with E-state index in [1.54, 1.807) is 18.3 Å². The van der Waals surface area contributed by atoms with Crippen molar-refractivity contribution >= 4 is 49.1 Å². The van der Waals surface area contributed by atoms with E-state index in [2.05, 4.69) is 41.3 Å². The number of hydrogen-bond acceptors (Lipinski definition) is 6. The van der Waals surface area contributed by atoms with Gasteiger partial charge in [0.2, 0.25) is 16.0 Å². The maximum atomic E-state index is 11.8. The van der Waals surface area contributed by atoms with Crippen molar-refractivity contribution in [3.05, 3.63) is 65.3 Å². The van der Waals surface area contributed by atoms with E-state index < -0.39 is 10.0 Å². The average molecular weight is 434 g/mol. The zero-order valence-electron chi connectivity index (χ0n) is 13.8. The molecule has 134 valence electrons. The zero-order valence-corrected chi connectivity index (χ0v) is 16.2. The van der Waals surface area contributed by atoms with Gasteiger partial charge in [0.25, 0.3) is 0 Å². The van der Waals surface area contributed by atoms with Gasteiger partial charge >= 0.3 is 0 Å². The van der Waals surface area contributed by atoms with Gasteiger partial charge in [0, 0.05) is 17.6 Å². The monoisotopic (exact) mass is 433 g/mol. The first kappa shape index (κ1) is 18.3. The Morgan fingerprint density at radius 2 is 1.58 bits per heavy atom. The van der Waals surface area contributed by atoms with E-state index in [1.165, 1.54) is 19.2 Å². The Kier molecular flexibility index (Phi) is 5.50. The molecule has 7 nitrogen and oxygen atoms in total. The van der Waals surface area contributed by atoms with Crippen LogP contribution in [0, 0.1) is 0 Å². The molecule has 3 N–H and O–H groups in total. The lowest BCUT2D eigenvalue weighted by atomic mass is 10.3. The van der Waals surface area contributed by atoms with Gasteiger partial charge in [-0.05, 0) is 59.4 Å². The molecule has 2 aromatic carbocycles. The molecule has 3 rings (SSSR count). The molecule has 0 atom stereocenters. The number of benzene rings is 2. The first-order valence-corrected chi connectivity index (χ1v) is 9.91. The largest absolute Gasteiger partial charge is 0.339 e. The van der Waals surface area contributed by atoms with Crippen LogP contribution in [0.15, 0.2) is 70.2 Å². The second-order valence-electron chi connectivity index (χ2n) is 5.24. The molecule has 26 heavy (non-hydrogen) atoms. The van der Waals surface area contributed by atoms with Crippen LogP contribution >= 0.6 is 15.9 Å². The van der Waals surface area contributed by atoms with E-state index in [4.69, 9.17) is 0 Å². The quantitative estimate of drug-likeness (QED) is 0.549. The van der Waals surface area contributed by atoms with Gasteiger partial charge in [-0.1, -0.05) is 18.2 Å². The first-order chi connectivity index (χ1) is 12.5. The third-order valence-corrected chi connectivity index (χ3v) is 5.48. The van der Waals surface area contributed by atoms with Crippen LogP contribution in [0.2, 0.25) is 0 Å². The van der Waals surface area contributed by atoms with Gasteiger partial charge in [-0.2, -0.15) is 4.98 Å². The van der Waals surface area contributed by atoms with Crippen LogP contribution in [0.25, 0.3) is 0 Å². The lowest BCUT2D eigenvalue weighted by Crippen LogP contribution is -2.18. The Morgan fingerprint density at radius 3 is 2.23 bits per heavy atom. The van der Waals surface area contributed by atoms with E-state index in [9.17, 15) is 8.42 Å². The van der Waals surface area contributed by atoms with Crippen molar-refractivity contribution in [3.63, 3.8) is 0 Å². The molecule has 0 spiro atoms. The molecule has 0 aliphatic rings. The van der Waals surface area contributed by atoms with Crippen LogP contribution in [-0.2, 0) is 10.0 Å². The second kappa shape index (κ2) is 7.81. The fourth-order valence-electron chi connectivity index (χ4n) is 2.14. The maximum Gasteiger partial charge on any atom is 0.240 e. The first-order valence-electron chi connectivity index (χ1n) is 7.63. The summed E-state index contributed by atoms with van der Waals surface area (Å²) < 4.78 is 26.5. The minimum atomic E-state index is -3.46. The van der Waals surface area contributed by atoms with Gasteiger partial charge in [-0.25, -0.2) is 18.1 Å².